The Morgan fingerprint density at radius 1 is 1.23 bits per heavy atom. The minimum atomic E-state index is -0.663. The normalized spacial score (nSPS) is 35.0. The molecule has 22 heavy (non-hydrogen) atoms. The maximum Gasteiger partial charge on any atom is 0.0877 e. The number of nitrogens with zero attached hydrogens (tertiary/aromatic N) is 1. The summed E-state index contributed by atoms with van der Waals surface area (Å²) in [7, 11) is 0. The van der Waals surface area contributed by atoms with E-state index in [9.17, 15) is 5.11 Å². The van der Waals surface area contributed by atoms with Gasteiger partial charge >= 0.3 is 0 Å². The molecule has 4 rings (SSSR count). The van der Waals surface area contributed by atoms with Crippen LogP contribution in [0.3, 0.4) is 0 Å². The molecule has 4 atom stereocenters. The summed E-state index contributed by atoms with van der Waals surface area (Å²) in [5.41, 5.74) is 1.95. The molecule has 0 aromatic heterocycles. The Kier molecular flexibility index (Phi) is 3.42. The van der Waals surface area contributed by atoms with Crippen molar-refractivity contribution in [3.05, 3.63) is 29.8 Å². The van der Waals surface area contributed by atoms with E-state index >= 15 is 0 Å². The van der Waals surface area contributed by atoms with Crippen molar-refractivity contribution in [1.29, 1.82) is 0 Å². The van der Waals surface area contributed by atoms with Crippen LogP contribution in [0.2, 0.25) is 0 Å². The summed E-state index contributed by atoms with van der Waals surface area (Å²) in [6.07, 6.45) is 2.77. The second-order valence-electron chi connectivity index (χ2n) is 7.31. The van der Waals surface area contributed by atoms with E-state index < -0.39 is 5.60 Å². The fraction of sp³-hybridized carbons (Fsp3) is 0.647. The van der Waals surface area contributed by atoms with Crippen molar-refractivity contribution in [3.8, 4) is 0 Å². The van der Waals surface area contributed by atoms with Crippen molar-refractivity contribution in [2.75, 3.05) is 18.5 Å². The van der Waals surface area contributed by atoms with Crippen LogP contribution in [0.5, 0.6) is 0 Å². The molecule has 0 aliphatic carbocycles. The van der Waals surface area contributed by atoms with Gasteiger partial charge in [-0.25, -0.2) is 0 Å². The molecular formula is C17H26N4O. The van der Waals surface area contributed by atoms with Crippen LogP contribution in [-0.4, -0.2) is 47.2 Å². The summed E-state index contributed by atoms with van der Waals surface area (Å²) in [5.74, 6) is 0.368. The second kappa shape index (κ2) is 5.20. The van der Waals surface area contributed by atoms with Crippen LogP contribution in [-0.2, 0) is 0 Å². The number of hydrogen-bond acceptors (Lipinski definition) is 5. The van der Waals surface area contributed by atoms with Crippen molar-refractivity contribution in [2.24, 2.45) is 0 Å². The molecule has 4 unspecified atom stereocenters. The molecule has 5 nitrogen and oxygen atoms in total. The van der Waals surface area contributed by atoms with Gasteiger partial charge in [0.05, 0.1) is 17.9 Å². The minimum absolute atomic E-state index is 0.219. The summed E-state index contributed by atoms with van der Waals surface area (Å²) >= 11 is 0. The van der Waals surface area contributed by atoms with E-state index in [-0.39, 0.29) is 18.4 Å². The van der Waals surface area contributed by atoms with Gasteiger partial charge in [-0.3, -0.25) is 15.5 Å². The van der Waals surface area contributed by atoms with Crippen LogP contribution in [0, 0.1) is 0 Å². The highest BCUT2D eigenvalue weighted by atomic mass is 16.3. The lowest BCUT2D eigenvalue weighted by Gasteiger charge is -2.45. The van der Waals surface area contributed by atoms with Gasteiger partial charge in [-0.15, -0.1) is 0 Å². The fourth-order valence-electron chi connectivity index (χ4n) is 4.49. The molecule has 2 fully saturated rings. The number of hydrogen-bond donors (Lipinski definition) is 4. The molecule has 1 aromatic rings. The van der Waals surface area contributed by atoms with Crippen LogP contribution in [0.1, 0.15) is 38.2 Å². The van der Waals surface area contributed by atoms with E-state index in [0.717, 1.165) is 26.1 Å². The van der Waals surface area contributed by atoms with Crippen LogP contribution in [0.25, 0.3) is 0 Å². The zero-order valence-corrected chi connectivity index (χ0v) is 13.3. The monoisotopic (exact) mass is 302 g/mol. The lowest BCUT2D eigenvalue weighted by atomic mass is 9.90. The Hall–Kier alpha value is -1.14. The molecule has 4 N–H and O–H groups in total. The van der Waals surface area contributed by atoms with Crippen molar-refractivity contribution in [3.63, 3.8) is 0 Å². The highest BCUT2D eigenvalue weighted by Gasteiger charge is 2.47. The number of likely N-dealkylation sites (tertiary alicyclic amines) is 1. The lowest BCUT2D eigenvalue weighted by Crippen LogP contribution is -2.65. The van der Waals surface area contributed by atoms with E-state index in [4.69, 9.17) is 0 Å². The summed E-state index contributed by atoms with van der Waals surface area (Å²) in [4.78, 5) is 2.49. The third-order valence-corrected chi connectivity index (χ3v) is 5.43. The summed E-state index contributed by atoms with van der Waals surface area (Å²) in [6.45, 7) is 5.73. The van der Waals surface area contributed by atoms with E-state index in [1.165, 1.54) is 11.3 Å². The van der Waals surface area contributed by atoms with Crippen LogP contribution >= 0.6 is 0 Å². The largest absolute Gasteiger partial charge is 0.389 e. The van der Waals surface area contributed by atoms with E-state index in [1.54, 1.807) is 0 Å². The summed E-state index contributed by atoms with van der Waals surface area (Å²) < 4.78 is 0. The first-order valence-electron chi connectivity index (χ1n) is 8.36. The molecule has 0 amide bonds. The Labute approximate surface area is 132 Å². The SMILES string of the molecule is CC(C)(O)C1CCCN1C1NCNC2Nc3ccccc3C21. The molecule has 5 heteroatoms. The molecule has 2 saturated heterocycles. The quantitative estimate of drug-likeness (QED) is 0.662. The number of nitrogens with one attached hydrogen (secondary N) is 3. The van der Waals surface area contributed by atoms with Crippen LogP contribution < -0.4 is 16.0 Å². The fourth-order valence-corrected chi connectivity index (χ4v) is 4.49. The van der Waals surface area contributed by atoms with Crippen LogP contribution in [0.4, 0.5) is 5.69 Å². The Morgan fingerprint density at radius 2 is 2.05 bits per heavy atom. The Bertz CT molecular complexity index is 556. The molecule has 3 aliphatic rings. The predicted octanol–water partition coefficient (Wildman–Crippen LogP) is 1.23. The Balaban J connectivity index is 1.67. The zero-order valence-electron chi connectivity index (χ0n) is 13.3. The Morgan fingerprint density at radius 3 is 2.86 bits per heavy atom. The third kappa shape index (κ3) is 2.24. The van der Waals surface area contributed by atoms with Crippen molar-refractivity contribution in [1.82, 2.24) is 15.5 Å². The van der Waals surface area contributed by atoms with Gasteiger partial charge in [-0.1, -0.05) is 18.2 Å². The second-order valence-corrected chi connectivity index (χ2v) is 7.31. The molecule has 3 heterocycles. The first-order chi connectivity index (χ1) is 10.6. The highest BCUT2D eigenvalue weighted by molar-refractivity contribution is 5.59. The van der Waals surface area contributed by atoms with Gasteiger partial charge in [-0.05, 0) is 38.3 Å². The predicted molar refractivity (Wildman–Crippen MR) is 87.5 cm³/mol. The molecule has 120 valence electrons. The van der Waals surface area contributed by atoms with Gasteiger partial charge in [0.15, 0.2) is 0 Å². The molecule has 0 radical (unpaired) electrons. The average Bonchev–Trinajstić information content (AvgIpc) is 3.11. The molecule has 1 aromatic carbocycles. The van der Waals surface area contributed by atoms with Gasteiger partial charge in [0.25, 0.3) is 0 Å². The van der Waals surface area contributed by atoms with Gasteiger partial charge in [0, 0.05) is 30.9 Å². The van der Waals surface area contributed by atoms with Gasteiger partial charge in [0.2, 0.25) is 0 Å². The lowest BCUT2D eigenvalue weighted by molar-refractivity contribution is -0.0332. The average molecular weight is 302 g/mol. The first-order valence-corrected chi connectivity index (χ1v) is 8.36. The number of aliphatic hydroxyl groups is 1. The standard InChI is InChI=1S/C17H26N4O/c1-17(2,22)13-8-5-9-21(13)16-14-11-6-3-4-7-12(11)20-15(14)18-10-19-16/h3-4,6-7,13-16,18-20,22H,5,8-10H2,1-2H3. The molecule has 0 bridgehead atoms. The number of benzene rings is 1. The minimum Gasteiger partial charge on any atom is -0.389 e. The maximum absolute atomic E-state index is 10.6. The summed E-state index contributed by atoms with van der Waals surface area (Å²) in [6, 6.07) is 8.80. The van der Waals surface area contributed by atoms with E-state index in [0.29, 0.717) is 5.92 Å². The van der Waals surface area contributed by atoms with Crippen molar-refractivity contribution >= 4 is 5.69 Å². The van der Waals surface area contributed by atoms with Gasteiger partial charge in [-0.2, -0.15) is 0 Å². The first kappa shape index (κ1) is 14.5. The number of fused-ring (bicyclic) bond motifs is 3. The number of rotatable bonds is 2. The number of anilines is 1. The van der Waals surface area contributed by atoms with E-state index in [2.05, 4.69) is 45.1 Å². The molecule has 0 saturated carbocycles. The molecular weight excluding hydrogens is 276 g/mol. The van der Waals surface area contributed by atoms with Crippen molar-refractivity contribution in [2.45, 2.75) is 56.6 Å². The van der Waals surface area contributed by atoms with E-state index in [1.807, 2.05) is 13.8 Å². The van der Waals surface area contributed by atoms with Gasteiger partial charge < -0.3 is 10.4 Å². The van der Waals surface area contributed by atoms with Crippen molar-refractivity contribution < 1.29 is 5.11 Å². The number of para-hydroxylation sites is 1. The topological polar surface area (TPSA) is 59.6 Å². The third-order valence-electron chi connectivity index (χ3n) is 5.43. The highest BCUT2D eigenvalue weighted by Crippen LogP contribution is 2.41. The smallest absolute Gasteiger partial charge is 0.0877 e. The van der Waals surface area contributed by atoms with Crippen LogP contribution in [0.15, 0.2) is 24.3 Å². The maximum atomic E-state index is 10.6. The zero-order chi connectivity index (χ0) is 15.3. The molecule has 3 aliphatic heterocycles. The molecule has 0 spiro atoms. The summed E-state index contributed by atoms with van der Waals surface area (Å²) in [5, 5.41) is 21.3. The van der Waals surface area contributed by atoms with Gasteiger partial charge in [0.1, 0.15) is 0 Å².